The van der Waals surface area contributed by atoms with Gasteiger partial charge < -0.3 is 34.5 Å². The minimum atomic E-state index is -0.993. The summed E-state index contributed by atoms with van der Waals surface area (Å²) >= 11 is 0. The molecule has 0 aliphatic carbocycles. The monoisotopic (exact) mass is 694 g/mol. The van der Waals surface area contributed by atoms with Gasteiger partial charge in [0, 0.05) is 44.1 Å². The number of hydrogen-bond donors (Lipinski definition) is 3. The van der Waals surface area contributed by atoms with E-state index in [2.05, 4.69) is 29.3 Å². The molecule has 2 heterocycles. The number of carbonyl (C=O) groups is 2. The number of nitrogens with zero attached hydrogens (tertiary/aromatic N) is 1. The lowest BCUT2D eigenvalue weighted by Crippen LogP contribution is -2.45. The SMILES string of the molecule is COc1cc2c(cc1OC)CN(CC1OC(c3ccc(-c4cccc(CNC(=O)CCC(=O)O)c4)cc3)OC(c3ccc(CO)cc3)C1C)CC2. The number of carbonyl (C=O) groups excluding carboxylic acids is 1. The second-order valence-corrected chi connectivity index (χ2v) is 13.3. The number of carboxylic acids is 1. The number of methoxy groups -OCH3 is 2. The molecule has 4 atom stereocenters. The standard InChI is InChI=1S/C41H46N2O8/c1-26-37(24-43-18-17-33-20-35(48-2)36(49-3)21-34(33)23-43)50-41(51-40(26)30-9-7-27(25-44)8-10-30)31-13-11-29(12-14-31)32-6-4-5-28(19-32)22-42-38(45)15-16-39(46)47/h4-14,19-21,26,37,40-41,44H,15-18,22-25H2,1-3H3,(H,42,45)(H,46,47). The van der Waals surface area contributed by atoms with Crippen LogP contribution in [0.15, 0.2) is 84.9 Å². The molecule has 268 valence electrons. The Labute approximate surface area is 298 Å². The predicted octanol–water partition coefficient (Wildman–Crippen LogP) is 6.19. The number of aliphatic hydroxyl groups excluding tert-OH is 1. The van der Waals surface area contributed by atoms with E-state index in [1.165, 1.54) is 11.1 Å². The van der Waals surface area contributed by atoms with Gasteiger partial charge in [-0.3, -0.25) is 14.5 Å². The Kier molecular flexibility index (Phi) is 11.7. The molecule has 0 spiro atoms. The van der Waals surface area contributed by atoms with Gasteiger partial charge in [-0.25, -0.2) is 0 Å². The number of amides is 1. The van der Waals surface area contributed by atoms with Crippen molar-refractivity contribution < 1.29 is 38.7 Å². The lowest BCUT2D eigenvalue weighted by atomic mass is 9.89. The Morgan fingerprint density at radius 1 is 0.843 bits per heavy atom. The van der Waals surface area contributed by atoms with Crippen LogP contribution in [0.5, 0.6) is 11.5 Å². The van der Waals surface area contributed by atoms with Gasteiger partial charge in [0.05, 0.1) is 39.5 Å². The Balaban J connectivity index is 1.19. The van der Waals surface area contributed by atoms with E-state index in [1.54, 1.807) is 14.2 Å². The lowest BCUT2D eigenvalue weighted by Gasteiger charge is -2.43. The Morgan fingerprint density at radius 2 is 1.55 bits per heavy atom. The van der Waals surface area contributed by atoms with Crippen LogP contribution in [0.2, 0.25) is 0 Å². The largest absolute Gasteiger partial charge is 0.493 e. The molecule has 0 aromatic heterocycles. The summed E-state index contributed by atoms with van der Waals surface area (Å²) in [4.78, 5) is 25.3. The van der Waals surface area contributed by atoms with Crippen molar-refractivity contribution in [3.63, 3.8) is 0 Å². The van der Waals surface area contributed by atoms with Gasteiger partial charge in [0.25, 0.3) is 0 Å². The van der Waals surface area contributed by atoms with E-state index in [4.69, 9.17) is 24.1 Å². The number of hydrogen-bond acceptors (Lipinski definition) is 8. The maximum atomic E-state index is 12.0. The van der Waals surface area contributed by atoms with Gasteiger partial charge in [0.1, 0.15) is 0 Å². The average molecular weight is 695 g/mol. The zero-order valence-electron chi connectivity index (χ0n) is 29.3. The molecule has 4 aromatic rings. The van der Waals surface area contributed by atoms with Gasteiger partial charge in [0.15, 0.2) is 17.8 Å². The van der Waals surface area contributed by atoms with Gasteiger partial charge in [-0.1, -0.05) is 73.7 Å². The molecule has 0 bridgehead atoms. The van der Waals surface area contributed by atoms with E-state index in [1.807, 2.05) is 72.8 Å². The molecule has 10 nitrogen and oxygen atoms in total. The summed E-state index contributed by atoms with van der Waals surface area (Å²) in [5, 5.41) is 21.3. The normalized spacial score (nSPS) is 20.3. The fraction of sp³-hybridized carbons (Fsp3) is 0.366. The first-order valence-electron chi connectivity index (χ1n) is 17.4. The summed E-state index contributed by atoms with van der Waals surface area (Å²) in [6.45, 7) is 4.90. The first-order valence-corrected chi connectivity index (χ1v) is 17.4. The number of fused-ring (bicyclic) bond motifs is 1. The van der Waals surface area contributed by atoms with Crippen molar-refractivity contribution in [1.82, 2.24) is 10.2 Å². The van der Waals surface area contributed by atoms with Crippen molar-refractivity contribution in [3.05, 3.63) is 118 Å². The zero-order valence-corrected chi connectivity index (χ0v) is 29.3. The third-order valence-corrected chi connectivity index (χ3v) is 9.86. The maximum Gasteiger partial charge on any atom is 0.303 e. The van der Waals surface area contributed by atoms with E-state index in [-0.39, 0.29) is 43.5 Å². The fourth-order valence-electron chi connectivity index (χ4n) is 6.88. The molecule has 0 radical (unpaired) electrons. The van der Waals surface area contributed by atoms with Gasteiger partial charge in [-0.05, 0) is 63.6 Å². The molecule has 6 rings (SSSR count). The van der Waals surface area contributed by atoms with Crippen LogP contribution >= 0.6 is 0 Å². The van der Waals surface area contributed by atoms with Crippen LogP contribution in [0.1, 0.15) is 65.5 Å². The van der Waals surface area contributed by atoms with Gasteiger partial charge in [-0.2, -0.15) is 0 Å². The van der Waals surface area contributed by atoms with Crippen molar-refractivity contribution in [1.29, 1.82) is 0 Å². The zero-order chi connectivity index (χ0) is 35.9. The van der Waals surface area contributed by atoms with Crippen molar-refractivity contribution in [2.75, 3.05) is 27.3 Å². The van der Waals surface area contributed by atoms with E-state index < -0.39 is 12.3 Å². The topological polar surface area (TPSA) is 127 Å². The van der Waals surface area contributed by atoms with Crippen LogP contribution < -0.4 is 14.8 Å². The highest BCUT2D eigenvalue weighted by atomic mass is 16.7. The molecule has 1 amide bonds. The average Bonchev–Trinajstić information content (AvgIpc) is 3.16. The highest BCUT2D eigenvalue weighted by Gasteiger charge is 2.39. The molecule has 4 unspecified atom stereocenters. The summed E-state index contributed by atoms with van der Waals surface area (Å²) in [5.41, 5.74) is 8.24. The summed E-state index contributed by atoms with van der Waals surface area (Å²) < 4.78 is 24.6. The van der Waals surface area contributed by atoms with Gasteiger partial charge in [0.2, 0.25) is 5.91 Å². The third-order valence-electron chi connectivity index (χ3n) is 9.86. The Bertz CT molecular complexity index is 1810. The Hall–Kier alpha value is -4.74. The van der Waals surface area contributed by atoms with Crippen LogP contribution in [0, 0.1) is 5.92 Å². The van der Waals surface area contributed by atoms with Crippen molar-refractivity contribution in [2.45, 2.75) is 64.4 Å². The van der Waals surface area contributed by atoms with Gasteiger partial charge >= 0.3 is 5.97 Å². The van der Waals surface area contributed by atoms with Crippen LogP contribution in [0.3, 0.4) is 0 Å². The second-order valence-electron chi connectivity index (χ2n) is 13.3. The minimum absolute atomic E-state index is 0.0144. The number of rotatable bonds is 13. The number of carboxylic acid groups (broad SMARTS) is 1. The van der Waals surface area contributed by atoms with E-state index in [0.717, 1.165) is 70.9 Å². The third kappa shape index (κ3) is 8.77. The molecule has 51 heavy (non-hydrogen) atoms. The number of benzene rings is 4. The summed E-state index contributed by atoms with van der Waals surface area (Å²) in [7, 11) is 3.33. The molecular weight excluding hydrogens is 648 g/mol. The van der Waals surface area contributed by atoms with Crippen LogP contribution in [-0.2, 0) is 45.2 Å². The van der Waals surface area contributed by atoms with Crippen molar-refractivity contribution in [3.8, 4) is 22.6 Å². The fourth-order valence-corrected chi connectivity index (χ4v) is 6.88. The quantitative estimate of drug-likeness (QED) is 0.150. The van der Waals surface area contributed by atoms with Gasteiger partial charge in [-0.15, -0.1) is 0 Å². The van der Waals surface area contributed by atoms with Crippen molar-refractivity contribution in [2.24, 2.45) is 5.92 Å². The molecular formula is C41H46N2O8. The molecule has 4 aromatic carbocycles. The summed E-state index contributed by atoms with van der Waals surface area (Å²) in [6.07, 6.45) is -0.256. The van der Waals surface area contributed by atoms with Crippen molar-refractivity contribution >= 4 is 11.9 Å². The number of aliphatic hydroxyl groups is 1. The molecule has 10 heteroatoms. The first-order chi connectivity index (χ1) is 24.7. The van der Waals surface area contributed by atoms with Crippen LogP contribution in [-0.4, -0.2) is 60.4 Å². The molecule has 0 saturated carbocycles. The maximum absolute atomic E-state index is 12.0. The molecule has 3 N–H and O–H groups in total. The molecule has 1 saturated heterocycles. The summed E-state index contributed by atoms with van der Waals surface area (Å²) in [5.74, 6) is 0.255. The lowest BCUT2D eigenvalue weighted by molar-refractivity contribution is -0.276. The summed E-state index contributed by atoms with van der Waals surface area (Å²) in [6, 6.07) is 28.2. The van der Waals surface area contributed by atoms with Crippen LogP contribution in [0.25, 0.3) is 11.1 Å². The number of ether oxygens (including phenoxy) is 4. The number of nitrogens with one attached hydrogen (secondary N) is 1. The smallest absolute Gasteiger partial charge is 0.303 e. The number of aliphatic carboxylic acids is 1. The van der Waals surface area contributed by atoms with E-state index >= 15 is 0 Å². The molecule has 2 aliphatic heterocycles. The predicted molar refractivity (Wildman–Crippen MR) is 192 cm³/mol. The highest BCUT2D eigenvalue weighted by Crippen LogP contribution is 2.43. The van der Waals surface area contributed by atoms with E-state index in [9.17, 15) is 14.7 Å². The van der Waals surface area contributed by atoms with Crippen LogP contribution in [0.4, 0.5) is 0 Å². The Morgan fingerprint density at radius 3 is 2.24 bits per heavy atom. The highest BCUT2D eigenvalue weighted by molar-refractivity contribution is 5.80. The second kappa shape index (κ2) is 16.5. The molecule has 1 fully saturated rings. The minimum Gasteiger partial charge on any atom is -0.493 e. The van der Waals surface area contributed by atoms with E-state index in [0.29, 0.717) is 6.54 Å². The molecule has 2 aliphatic rings. The first kappa shape index (κ1) is 36.1.